The molecule has 0 aliphatic heterocycles. The molecule has 1 amide bonds. The summed E-state index contributed by atoms with van der Waals surface area (Å²) in [5.74, 6) is 0.274. The minimum absolute atomic E-state index is 0.148. The minimum Gasteiger partial charge on any atom is -0.389 e. The maximum Gasteiger partial charge on any atom is 0.223 e. The van der Waals surface area contributed by atoms with Crippen LogP contribution in [0.25, 0.3) is 0 Å². The van der Waals surface area contributed by atoms with E-state index in [1.165, 1.54) is 6.39 Å². The smallest absolute Gasteiger partial charge is 0.223 e. The van der Waals surface area contributed by atoms with Crippen molar-refractivity contribution in [2.45, 2.75) is 57.1 Å². The van der Waals surface area contributed by atoms with Crippen molar-refractivity contribution in [2.24, 2.45) is 0 Å². The zero-order valence-electron chi connectivity index (χ0n) is 10.6. The summed E-state index contributed by atoms with van der Waals surface area (Å²) in [6, 6.07) is -0.302. The van der Waals surface area contributed by atoms with Gasteiger partial charge in [0.25, 0.3) is 0 Å². The molecule has 100 valence electrons. The molecule has 6 heteroatoms. The van der Waals surface area contributed by atoms with Crippen LogP contribution in [0.15, 0.2) is 10.9 Å². The quantitative estimate of drug-likeness (QED) is 0.845. The monoisotopic (exact) mass is 253 g/mol. The molecule has 1 saturated carbocycles. The lowest BCUT2D eigenvalue weighted by Gasteiger charge is -2.31. The van der Waals surface area contributed by atoms with Crippen LogP contribution in [0.2, 0.25) is 0 Å². The zero-order valence-corrected chi connectivity index (χ0v) is 10.6. The standard InChI is InChI=1S/C12H19N3O3/c1-9(11-13-8-18-15-11)14-10(16)7-12(17)5-3-2-4-6-12/h8-9,17H,2-7H2,1H3,(H,14,16). The molecule has 1 aromatic rings. The first-order valence-corrected chi connectivity index (χ1v) is 6.37. The van der Waals surface area contributed by atoms with Crippen molar-refractivity contribution in [1.29, 1.82) is 0 Å². The lowest BCUT2D eigenvalue weighted by Crippen LogP contribution is -2.39. The predicted octanol–water partition coefficient (Wildman–Crippen LogP) is 1.33. The number of aromatic nitrogens is 2. The second-order valence-electron chi connectivity index (χ2n) is 5.04. The maximum atomic E-state index is 11.9. The Morgan fingerprint density at radius 1 is 1.56 bits per heavy atom. The Bertz CT molecular complexity index is 385. The van der Waals surface area contributed by atoms with Gasteiger partial charge in [-0.05, 0) is 19.8 Å². The fourth-order valence-corrected chi connectivity index (χ4v) is 2.41. The van der Waals surface area contributed by atoms with Gasteiger partial charge in [0, 0.05) is 0 Å². The average molecular weight is 253 g/mol. The number of hydrogen-bond donors (Lipinski definition) is 2. The first-order chi connectivity index (χ1) is 8.59. The number of nitrogens with one attached hydrogen (secondary N) is 1. The normalized spacial score (nSPS) is 20.3. The molecule has 0 aromatic carbocycles. The van der Waals surface area contributed by atoms with E-state index < -0.39 is 5.60 Å². The second kappa shape index (κ2) is 5.48. The van der Waals surface area contributed by atoms with Gasteiger partial charge in [-0.2, -0.15) is 4.98 Å². The molecular weight excluding hydrogens is 234 g/mol. The zero-order chi connectivity index (χ0) is 13.0. The summed E-state index contributed by atoms with van der Waals surface area (Å²) in [7, 11) is 0. The van der Waals surface area contributed by atoms with Crippen LogP contribution in [0, 0.1) is 0 Å². The molecule has 1 unspecified atom stereocenters. The third kappa shape index (κ3) is 3.29. The van der Waals surface area contributed by atoms with Crippen molar-refractivity contribution < 1.29 is 14.4 Å². The lowest BCUT2D eigenvalue weighted by molar-refractivity contribution is -0.128. The van der Waals surface area contributed by atoms with E-state index in [-0.39, 0.29) is 18.4 Å². The van der Waals surface area contributed by atoms with Gasteiger partial charge in [-0.3, -0.25) is 4.79 Å². The van der Waals surface area contributed by atoms with Crippen LogP contribution < -0.4 is 5.32 Å². The van der Waals surface area contributed by atoms with Crippen molar-refractivity contribution >= 4 is 5.91 Å². The van der Waals surface area contributed by atoms with E-state index in [2.05, 4.69) is 20.0 Å². The first-order valence-electron chi connectivity index (χ1n) is 6.37. The molecule has 1 aliphatic carbocycles. The summed E-state index contributed by atoms with van der Waals surface area (Å²) in [6.45, 7) is 1.79. The fourth-order valence-electron chi connectivity index (χ4n) is 2.41. The minimum atomic E-state index is -0.834. The van der Waals surface area contributed by atoms with Gasteiger partial charge in [0.1, 0.15) is 0 Å². The van der Waals surface area contributed by atoms with E-state index in [9.17, 15) is 9.90 Å². The summed E-state index contributed by atoms with van der Waals surface area (Å²) in [4.78, 5) is 15.7. The summed E-state index contributed by atoms with van der Waals surface area (Å²) >= 11 is 0. The topological polar surface area (TPSA) is 88.2 Å². The number of carbonyl (C=O) groups is 1. The predicted molar refractivity (Wildman–Crippen MR) is 63.5 cm³/mol. The van der Waals surface area contributed by atoms with Crippen molar-refractivity contribution in [1.82, 2.24) is 15.5 Å². The molecule has 1 aromatic heterocycles. The Kier molecular flexibility index (Phi) is 3.96. The highest BCUT2D eigenvalue weighted by Crippen LogP contribution is 2.30. The van der Waals surface area contributed by atoms with Crippen molar-refractivity contribution in [3.63, 3.8) is 0 Å². The van der Waals surface area contributed by atoms with Crippen molar-refractivity contribution in [3.8, 4) is 0 Å². The molecule has 0 radical (unpaired) electrons. The van der Waals surface area contributed by atoms with E-state index in [4.69, 9.17) is 0 Å². The largest absolute Gasteiger partial charge is 0.389 e. The van der Waals surface area contributed by atoms with Gasteiger partial charge in [-0.25, -0.2) is 0 Å². The van der Waals surface area contributed by atoms with E-state index >= 15 is 0 Å². The van der Waals surface area contributed by atoms with Gasteiger partial charge in [0.15, 0.2) is 5.82 Å². The van der Waals surface area contributed by atoms with E-state index in [0.717, 1.165) is 19.3 Å². The van der Waals surface area contributed by atoms with Crippen molar-refractivity contribution in [2.75, 3.05) is 0 Å². The Morgan fingerprint density at radius 2 is 2.28 bits per heavy atom. The third-order valence-electron chi connectivity index (χ3n) is 3.42. The Balaban J connectivity index is 1.84. The van der Waals surface area contributed by atoms with Crippen molar-refractivity contribution in [3.05, 3.63) is 12.2 Å². The second-order valence-corrected chi connectivity index (χ2v) is 5.04. The lowest BCUT2D eigenvalue weighted by atomic mass is 9.82. The van der Waals surface area contributed by atoms with Crippen LogP contribution in [0.3, 0.4) is 0 Å². The molecule has 1 heterocycles. The average Bonchev–Trinajstić information content (AvgIpc) is 2.82. The van der Waals surface area contributed by atoms with E-state index in [1.54, 1.807) is 6.92 Å². The van der Waals surface area contributed by atoms with Crippen LogP contribution in [0.5, 0.6) is 0 Å². The fraction of sp³-hybridized carbons (Fsp3) is 0.750. The molecule has 0 bridgehead atoms. The maximum absolute atomic E-state index is 11.9. The van der Waals surface area contributed by atoms with Gasteiger partial charge >= 0.3 is 0 Å². The molecule has 18 heavy (non-hydrogen) atoms. The highest BCUT2D eigenvalue weighted by molar-refractivity contribution is 5.77. The molecule has 1 fully saturated rings. The Morgan fingerprint density at radius 3 is 2.89 bits per heavy atom. The van der Waals surface area contributed by atoms with Gasteiger partial charge in [-0.1, -0.05) is 24.4 Å². The molecule has 6 nitrogen and oxygen atoms in total. The molecule has 2 rings (SSSR count). The Hall–Kier alpha value is -1.43. The highest BCUT2D eigenvalue weighted by atomic mass is 16.5. The molecule has 0 spiro atoms. The first kappa shape index (κ1) is 13.0. The summed E-state index contributed by atoms with van der Waals surface area (Å²) in [5.41, 5.74) is -0.834. The number of aliphatic hydroxyl groups is 1. The molecule has 0 saturated heterocycles. The molecule has 1 atom stereocenters. The number of amides is 1. The SMILES string of the molecule is CC(NC(=O)CC1(O)CCCCC1)c1ncon1. The molecule has 1 aliphatic rings. The van der Waals surface area contributed by atoms with Gasteiger partial charge in [0.05, 0.1) is 18.1 Å². The Labute approximate surface area is 106 Å². The molecular formula is C12H19N3O3. The number of hydrogen-bond acceptors (Lipinski definition) is 5. The third-order valence-corrected chi connectivity index (χ3v) is 3.42. The van der Waals surface area contributed by atoms with Gasteiger partial charge < -0.3 is 14.9 Å². The van der Waals surface area contributed by atoms with Gasteiger partial charge in [-0.15, -0.1) is 0 Å². The van der Waals surface area contributed by atoms with E-state index in [0.29, 0.717) is 18.7 Å². The number of rotatable bonds is 4. The van der Waals surface area contributed by atoms with Crippen LogP contribution >= 0.6 is 0 Å². The number of nitrogens with zero attached hydrogens (tertiary/aromatic N) is 2. The summed E-state index contributed by atoms with van der Waals surface area (Å²) < 4.78 is 4.63. The van der Waals surface area contributed by atoms with Crippen LogP contribution in [0.1, 0.15) is 57.3 Å². The van der Waals surface area contributed by atoms with E-state index in [1.807, 2.05) is 0 Å². The van der Waals surface area contributed by atoms with Gasteiger partial charge in [0.2, 0.25) is 12.3 Å². The van der Waals surface area contributed by atoms with Crippen LogP contribution in [0.4, 0.5) is 0 Å². The summed E-state index contributed by atoms with van der Waals surface area (Å²) in [6.07, 6.45) is 5.91. The number of carbonyl (C=O) groups excluding carboxylic acids is 1. The highest BCUT2D eigenvalue weighted by Gasteiger charge is 2.32. The van der Waals surface area contributed by atoms with Crippen LogP contribution in [-0.4, -0.2) is 26.8 Å². The molecule has 2 N–H and O–H groups in total. The van der Waals surface area contributed by atoms with Crippen LogP contribution in [-0.2, 0) is 4.79 Å². The summed E-state index contributed by atoms with van der Waals surface area (Å²) in [5, 5.41) is 16.7.